The Kier molecular flexibility index (Phi) is 10.2. The van der Waals surface area contributed by atoms with Gasteiger partial charge in [-0.05, 0) is 65.4 Å². The van der Waals surface area contributed by atoms with E-state index in [1.54, 1.807) is 12.4 Å². The van der Waals surface area contributed by atoms with Gasteiger partial charge in [0.05, 0.1) is 37.2 Å². The number of nitrogens with zero attached hydrogens (tertiary/aromatic N) is 4. The number of benzene rings is 3. The minimum Gasteiger partial charge on any atom is -0.382 e. The zero-order valence-electron chi connectivity index (χ0n) is 33.0. The highest BCUT2D eigenvalue weighted by Gasteiger charge is 2.56. The van der Waals surface area contributed by atoms with Crippen molar-refractivity contribution in [2.75, 3.05) is 49.9 Å². The van der Waals surface area contributed by atoms with E-state index in [4.69, 9.17) is 0 Å². The maximum absolute atomic E-state index is 14.0. The van der Waals surface area contributed by atoms with Crippen LogP contribution in [0.2, 0.25) is 0 Å². The molecule has 0 aliphatic carbocycles. The summed E-state index contributed by atoms with van der Waals surface area (Å²) < 4.78 is 0.976. The van der Waals surface area contributed by atoms with Crippen LogP contribution in [0.15, 0.2) is 123 Å². The Morgan fingerprint density at radius 2 is 1.17 bits per heavy atom. The number of aromatic nitrogens is 2. The summed E-state index contributed by atoms with van der Waals surface area (Å²) >= 11 is 0. The molecule has 8 heterocycles. The van der Waals surface area contributed by atoms with E-state index in [0.29, 0.717) is 32.2 Å². The summed E-state index contributed by atoms with van der Waals surface area (Å²) in [6.07, 6.45) is 9.68. The van der Waals surface area contributed by atoms with Crippen LogP contribution in [0.1, 0.15) is 49.0 Å². The number of fused-ring (bicyclic) bond motifs is 8. The zero-order chi connectivity index (χ0) is 40.0. The second-order valence-corrected chi connectivity index (χ2v) is 17.5. The Labute approximate surface area is 340 Å². The van der Waals surface area contributed by atoms with Crippen LogP contribution in [-0.4, -0.2) is 92.3 Å². The van der Waals surface area contributed by atoms with Crippen molar-refractivity contribution in [1.82, 2.24) is 9.97 Å². The normalized spacial score (nSPS) is 29.8. The fourth-order valence-electron chi connectivity index (χ4n) is 11.6. The lowest BCUT2D eigenvalue weighted by molar-refractivity contribution is -0.966. The number of anilines is 2. The van der Waals surface area contributed by atoms with Gasteiger partial charge in [0.25, 0.3) is 11.8 Å². The van der Waals surface area contributed by atoms with E-state index in [2.05, 4.69) is 33.8 Å². The summed E-state index contributed by atoms with van der Waals surface area (Å²) in [5.41, 5.74) is 4.59. The van der Waals surface area contributed by atoms with Crippen molar-refractivity contribution in [3.05, 3.63) is 134 Å². The molecule has 10 heteroatoms. The van der Waals surface area contributed by atoms with E-state index < -0.39 is 12.2 Å². The lowest BCUT2D eigenvalue weighted by Crippen LogP contribution is -2.69. The lowest BCUT2D eigenvalue weighted by Gasteiger charge is -2.57. The average molecular weight is 779 g/mol. The number of carbonyl (C=O) groups excluding carboxylic acids is 2. The van der Waals surface area contributed by atoms with Gasteiger partial charge in [0.15, 0.2) is 13.1 Å². The molecule has 0 spiro atoms. The molecule has 10 nitrogen and oxygen atoms in total. The first-order valence-electron chi connectivity index (χ1n) is 20.9. The summed E-state index contributed by atoms with van der Waals surface area (Å²) in [6.45, 7) is 11.9. The van der Waals surface area contributed by atoms with E-state index >= 15 is 0 Å². The molecule has 0 saturated carbocycles. The molecular formula is C48H54N6O4+2. The third kappa shape index (κ3) is 6.91. The maximum Gasteiger partial charge on any atom is 0.279 e. The predicted octanol–water partition coefficient (Wildman–Crippen LogP) is 6.95. The monoisotopic (exact) mass is 778 g/mol. The molecule has 6 aliphatic rings. The molecule has 10 atom stereocenters. The molecule has 2 aromatic heterocycles. The van der Waals surface area contributed by atoms with Gasteiger partial charge in [0, 0.05) is 72.1 Å². The highest BCUT2D eigenvalue weighted by molar-refractivity contribution is 5.95. The highest BCUT2D eigenvalue weighted by atomic mass is 16.3. The number of rotatable bonds is 12. The first-order valence-corrected chi connectivity index (χ1v) is 20.9. The fourth-order valence-corrected chi connectivity index (χ4v) is 11.6. The van der Waals surface area contributed by atoms with E-state index in [0.717, 1.165) is 84.8 Å². The third-order valence-corrected chi connectivity index (χ3v) is 14.4. The Bertz CT molecular complexity index is 2210. The molecular weight excluding hydrogens is 725 g/mol. The number of aliphatic hydroxyl groups is 2. The van der Waals surface area contributed by atoms with Crippen molar-refractivity contribution < 1.29 is 28.8 Å². The molecule has 6 saturated heterocycles. The van der Waals surface area contributed by atoms with Crippen molar-refractivity contribution in [2.24, 2.45) is 23.7 Å². The number of aliphatic hydroxyl groups excluding tert-OH is 2. The number of carbonyl (C=O) groups is 2. The minimum atomic E-state index is -0.753. The molecule has 58 heavy (non-hydrogen) atoms. The second kappa shape index (κ2) is 15.5. The summed E-state index contributed by atoms with van der Waals surface area (Å²) in [7, 11) is 0. The van der Waals surface area contributed by atoms with Crippen LogP contribution in [-0.2, 0) is 9.59 Å². The second-order valence-electron chi connectivity index (χ2n) is 17.5. The van der Waals surface area contributed by atoms with Crippen LogP contribution in [0.5, 0.6) is 0 Å². The highest BCUT2D eigenvalue weighted by Crippen LogP contribution is 2.48. The summed E-state index contributed by atoms with van der Waals surface area (Å²) in [5.74, 6) is 1.14. The Morgan fingerprint density at radius 3 is 1.76 bits per heavy atom. The van der Waals surface area contributed by atoms with Crippen LogP contribution in [0.25, 0.3) is 21.8 Å². The Morgan fingerprint density at radius 1 is 0.672 bits per heavy atom. The lowest BCUT2D eigenvalue weighted by atomic mass is 9.71. The molecule has 4 bridgehead atoms. The molecule has 4 N–H and O–H groups in total. The van der Waals surface area contributed by atoms with Crippen LogP contribution in [0, 0.1) is 23.7 Å². The molecule has 6 fully saturated rings. The largest absolute Gasteiger partial charge is 0.382 e. The SMILES string of the molecule is C=CC1C[N+]2(CC(=O)Nc3cccc(NC(=O)C[N+]45CCC(CC4[C@@H](O)c4ccnc6ccccc46)C(C=C)C5)c3)CCC1CC2[C@H](O)c1cccc2ncccc12. The van der Waals surface area contributed by atoms with Crippen molar-refractivity contribution in [2.45, 2.75) is 50.0 Å². The molecule has 11 rings (SSSR count). The van der Waals surface area contributed by atoms with Gasteiger partial charge in [-0.25, -0.2) is 0 Å². The number of piperidine rings is 6. The number of pyridine rings is 2. The predicted molar refractivity (Wildman–Crippen MR) is 227 cm³/mol. The van der Waals surface area contributed by atoms with Gasteiger partial charge < -0.3 is 29.8 Å². The van der Waals surface area contributed by atoms with Gasteiger partial charge in [-0.2, -0.15) is 0 Å². The number of quaternary nitrogens is 2. The molecule has 0 radical (unpaired) electrons. The summed E-state index contributed by atoms with van der Waals surface area (Å²) in [4.78, 5) is 37.1. The van der Waals surface area contributed by atoms with Crippen LogP contribution < -0.4 is 10.6 Å². The number of hydrogen-bond donors (Lipinski definition) is 4. The van der Waals surface area contributed by atoms with E-state index in [9.17, 15) is 19.8 Å². The molecule has 5 aromatic rings. The zero-order valence-corrected chi connectivity index (χ0v) is 33.0. The van der Waals surface area contributed by atoms with Crippen molar-refractivity contribution in [1.29, 1.82) is 0 Å². The van der Waals surface area contributed by atoms with Gasteiger partial charge in [0.2, 0.25) is 0 Å². The van der Waals surface area contributed by atoms with Gasteiger partial charge in [-0.3, -0.25) is 19.6 Å². The summed E-state index contributed by atoms with van der Waals surface area (Å²) in [5, 5.41) is 32.3. The standard InChI is InChI=1S/C48H52N6O4/c1-3-31-27-53(22-18-33(31)24-43(53)47(57)39-13-8-16-42-38(39)14-9-20-49-42)29-45(55)51-35-10-7-11-36(26-35)52-46(56)30-54-23-19-34(32(4-2)28-54)25-44(54)48(58)40-17-21-50-41-15-6-5-12-37(40)41/h3-17,20-21,26,31-34,43-44,47-48,57-58H,1-2,18-19,22-25,27-30H2/p+2/t31?,32?,33?,34?,43?,44?,47-,48+,53?,54?/m1/s1. The first kappa shape index (κ1) is 38.3. The third-order valence-electron chi connectivity index (χ3n) is 14.4. The van der Waals surface area contributed by atoms with Crippen LogP contribution in [0.4, 0.5) is 11.4 Å². The van der Waals surface area contributed by atoms with Crippen molar-refractivity contribution >= 4 is 45.0 Å². The molecule has 298 valence electrons. The average Bonchev–Trinajstić information content (AvgIpc) is 3.25. The van der Waals surface area contributed by atoms with E-state index in [1.807, 2.05) is 97.1 Å². The van der Waals surface area contributed by atoms with E-state index in [1.165, 1.54) is 0 Å². The summed E-state index contributed by atoms with van der Waals surface area (Å²) in [6, 6.07) is 26.7. The topological polar surface area (TPSA) is 124 Å². The minimum absolute atomic E-state index is 0.131. The van der Waals surface area contributed by atoms with Crippen molar-refractivity contribution in [3.8, 4) is 0 Å². The number of nitrogens with one attached hydrogen (secondary N) is 2. The number of para-hydroxylation sites is 1. The van der Waals surface area contributed by atoms with Gasteiger partial charge in [-0.1, -0.05) is 54.6 Å². The van der Waals surface area contributed by atoms with Crippen LogP contribution >= 0.6 is 0 Å². The Balaban J connectivity index is 0.911. The van der Waals surface area contributed by atoms with Gasteiger partial charge >= 0.3 is 0 Å². The number of amides is 2. The van der Waals surface area contributed by atoms with Crippen LogP contribution in [0.3, 0.4) is 0 Å². The van der Waals surface area contributed by atoms with E-state index in [-0.39, 0.29) is 48.8 Å². The molecule has 6 aliphatic heterocycles. The van der Waals surface area contributed by atoms with Gasteiger partial charge in [0.1, 0.15) is 24.3 Å². The van der Waals surface area contributed by atoms with Crippen molar-refractivity contribution in [3.63, 3.8) is 0 Å². The number of hydrogen-bond acceptors (Lipinski definition) is 6. The molecule has 3 aromatic carbocycles. The quantitative estimate of drug-likeness (QED) is 0.0804. The maximum atomic E-state index is 14.0. The van der Waals surface area contributed by atoms with Gasteiger partial charge in [-0.15, -0.1) is 13.2 Å². The molecule has 2 amide bonds. The first-order chi connectivity index (χ1) is 28.2. The Hall–Kier alpha value is -5.26. The smallest absolute Gasteiger partial charge is 0.279 e. The molecule has 8 unspecified atom stereocenters. The fraction of sp³-hybridized carbons (Fsp3) is 0.375.